The van der Waals surface area contributed by atoms with Gasteiger partial charge in [0.25, 0.3) is 5.91 Å². The average molecular weight is 515 g/mol. The summed E-state index contributed by atoms with van der Waals surface area (Å²) in [5.74, 6) is -0.716. The van der Waals surface area contributed by atoms with Gasteiger partial charge in [0.15, 0.2) is 11.5 Å². The first-order valence-electron chi connectivity index (χ1n) is 10.8. The molecule has 2 aromatic carbocycles. The van der Waals surface area contributed by atoms with E-state index in [1.54, 1.807) is 17.0 Å². The number of carboxylic acid groups (broad SMARTS) is 1. The lowest BCUT2D eigenvalue weighted by Gasteiger charge is -2.14. The molecule has 0 aromatic heterocycles. The van der Waals surface area contributed by atoms with Gasteiger partial charge in [-0.15, -0.1) is 0 Å². The number of hydrogen-bond acceptors (Lipinski definition) is 8. The first-order chi connectivity index (χ1) is 16.8. The van der Waals surface area contributed by atoms with Gasteiger partial charge >= 0.3 is 5.97 Å². The molecule has 0 spiro atoms. The first kappa shape index (κ1) is 24.6. The summed E-state index contributed by atoms with van der Waals surface area (Å²) in [6.45, 7) is 0.654. The predicted molar refractivity (Wildman–Crippen MR) is 135 cm³/mol. The molecule has 0 radical (unpaired) electrons. The molecule has 11 heteroatoms. The molecule has 2 aromatic rings. The maximum absolute atomic E-state index is 12.8. The summed E-state index contributed by atoms with van der Waals surface area (Å²) < 4.78 is 11.2. The van der Waals surface area contributed by atoms with Crippen molar-refractivity contribution in [3.8, 4) is 17.2 Å². The Kier molecular flexibility index (Phi) is 7.57. The van der Waals surface area contributed by atoms with E-state index in [1.807, 2.05) is 12.1 Å². The van der Waals surface area contributed by atoms with Crippen molar-refractivity contribution in [1.29, 1.82) is 0 Å². The lowest BCUT2D eigenvalue weighted by atomic mass is 10.1. The van der Waals surface area contributed by atoms with Crippen LogP contribution < -0.4 is 14.8 Å². The van der Waals surface area contributed by atoms with E-state index in [2.05, 4.69) is 5.32 Å². The van der Waals surface area contributed by atoms with Gasteiger partial charge in [0.05, 0.1) is 4.91 Å². The minimum Gasteiger partial charge on any atom is -0.507 e. The molecule has 0 bridgehead atoms. The molecule has 2 heterocycles. The highest BCUT2D eigenvalue weighted by molar-refractivity contribution is 8.26. The van der Waals surface area contributed by atoms with E-state index in [4.69, 9.17) is 26.8 Å². The van der Waals surface area contributed by atoms with E-state index in [9.17, 15) is 19.5 Å². The standard InChI is InChI=1S/C24H22N2O7S2/c27-17-12-15(6-7-16(17)23(30)31)25-21(28)4-2-1-3-9-26-22(29)20(35-24(26)34)11-14-5-8-18-19(10-14)33-13-32-18/h5-8,10-12,27H,1-4,9,13H2,(H,25,28)(H,30,31)/b20-11-. The smallest absolute Gasteiger partial charge is 0.339 e. The van der Waals surface area contributed by atoms with Gasteiger partial charge in [0.1, 0.15) is 15.6 Å². The normalized spacial score (nSPS) is 15.7. The topological polar surface area (TPSA) is 125 Å². The number of ether oxygens (including phenoxy) is 2. The summed E-state index contributed by atoms with van der Waals surface area (Å²) in [6.07, 6.45) is 4.04. The van der Waals surface area contributed by atoms with E-state index in [0.717, 1.165) is 12.0 Å². The van der Waals surface area contributed by atoms with Crippen molar-refractivity contribution in [2.24, 2.45) is 0 Å². The molecule has 3 N–H and O–H groups in total. The fraction of sp³-hybridized carbons (Fsp3) is 0.250. The van der Waals surface area contributed by atoms with Crippen LogP contribution in [0.25, 0.3) is 6.08 Å². The minimum atomic E-state index is -1.25. The van der Waals surface area contributed by atoms with Gasteiger partial charge in [0.2, 0.25) is 12.7 Å². The van der Waals surface area contributed by atoms with Crippen molar-refractivity contribution in [2.75, 3.05) is 18.7 Å². The first-order valence-corrected chi connectivity index (χ1v) is 12.1. The second kappa shape index (κ2) is 10.8. The summed E-state index contributed by atoms with van der Waals surface area (Å²) in [7, 11) is 0. The molecule has 4 rings (SSSR count). The van der Waals surface area contributed by atoms with Crippen LogP contribution in [-0.4, -0.2) is 50.6 Å². The zero-order chi connectivity index (χ0) is 24.9. The zero-order valence-electron chi connectivity index (χ0n) is 18.5. The van der Waals surface area contributed by atoms with Crippen molar-refractivity contribution >= 4 is 57.8 Å². The number of phenols is 1. The summed E-state index contributed by atoms with van der Waals surface area (Å²) >= 11 is 6.64. The number of fused-ring (bicyclic) bond motifs is 1. The van der Waals surface area contributed by atoms with Crippen LogP contribution in [0.15, 0.2) is 41.3 Å². The Labute approximate surface area is 210 Å². The van der Waals surface area contributed by atoms with Crippen LogP contribution in [0.2, 0.25) is 0 Å². The van der Waals surface area contributed by atoms with Crippen LogP contribution in [0.1, 0.15) is 41.6 Å². The Balaban J connectivity index is 1.21. The highest BCUT2D eigenvalue weighted by Gasteiger charge is 2.31. The summed E-state index contributed by atoms with van der Waals surface area (Å²) in [5, 5.41) is 21.3. The number of benzene rings is 2. The van der Waals surface area contributed by atoms with Crippen molar-refractivity contribution in [2.45, 2.75) is 25.7 Å². The van der Waals surface area contributed by atoms with Crippen LogP contribution in [0.4, 0.5) is 5.69 Å². The molecule has 182 valence electrons. The number of anilines is 1. The van der Waals surface area contributed by atoms with Gasteiger partial charge in [-0.1, -0.05) is 36.5 Å². The molecule has 0 aliphatic carbocycles. The van der Waals surface area contributed by atoms with Crippen molar-refractivity contribution < 1.29 is 34.1 Å². The number of carbonyl (C=O) groups is 3. The van der Waals surface area contributed by atoms with Crippen molar-refractivity contribution in [3.63, 3.8) is 0 Å². The lowest BCUT2D eigenvalue weighted by molar-refractivity contribution is -0.122. The molecule has 0 unspecified atom stereocenters. The lowest BCUT2D eigenvalue weighted by Crippen LogP contribution is -2.29. The molecule has 0 saturated carbocycles. The van der Waals surface area contributed by atoms with Gasteiger partial charge in [0, 0.05) is 24.7 Å². The largest absolute Gasteiger partial charge is 0.507 e. The highest BCUT2D eigenvalue weighted by atomic mass is 32.2. The molecule has 9 nitrogen and oxygen atoms in total. The fourth-order valence-corrected chi connectivity index (χ4v) is 4.90. The van der Waals surface area contributed by atoms with Crippen LogP contribution in [0.3, 0.4) is 0 Å². The van der Waals surface area contributed by atoms with Gasteiger partial charge in [-0.25, -0.2) is 4.79 Å². The number of unbranched alkanes of at least 4 members (excludes halogenated alkanes) is 2. The number of rotatable bonds is 9. The molecule has 2 amide bonds. The molecule has 2 aliphatic rings. The maximum atomic E-state index is 12.8. The highest BCUT2D eigenvalue weighted by Crippen LogP contribution is 2.36. The van der Waals surface area contributed by atoms with Crippen LogP contribution >= 0.6 is 24.0 Å². The summed E-state index contributed by atoms with van der Waals surface area (Å²) in [4.78, 5) is 38.0. The van der Waals surface area contributed by atoms with Crippen molar-refractivity contribution in [3.05, 3.63) is 52.4 Å². The van der Waals surface area contributed by atoms with E-state index < -0.39 is 11.7 Å². The summed E-state index contributed by atoms with van der Waals surface area (Å²) in [6, 6.07) is 9.34. The Morgan fingerprint density at radius 3 is 2.69 bits per heavy atom. The second-order valence-electron chi connectivity index (χ2n) is 7.84. The van der Waals surface area contributed by atoms with E-state index in [-0.39, 0.29) is 30.6 Å². The van der Waals surface area contributed by atoms with Gasteiger partial charge in [-0.2, -0.15) is 0 Å². The Bertz CT molecular complexity index is 1230. The third-order valence-electron chi connectivity index (χ3n) is 5.37. The molecule has 0 atom stereocenters. The molecular weight excluding hydrogens is 492 g/mol. The zero-order valence-corrected chi connectivity index (χ0v) is 20.1. The number of nitrogens with one attached hydrogen (secondary N) is 1. The van der Waals surface area contributed by atoms with E-state index >= 15 is 0 Å². The molecular formula is C24H22N2O7S2. The molecule has 1 saturated heterocycles. The summed E-state index contributed by atoms with van der Waals surface area (Å²) in [5.41, 5.74) is 0.917. The number of nitrogens with zero attached hydrogens (tertiary/aromatic N) is 1. The Morgan fingerprint density at radius 1 is 1.11 bits per heavy atom. The maximum Gasteiger partial charge on any atom is 0.339 e. The van der Waals surface area contributed by atoms with Gasteiger partial charge in [-0.05, 0) is 48.7 Å². The monoisotopic (exact) mass is 514 g/mol. The van der Waals surface area contributed by atoms with Gasteiger partial charge in [-0.3, -0.25) is 14.5 Å². The number of hydrogen-bond donors (Lipinski definition) is 3. The number of amides is 2. The van der Waals surface area contributed by atoms with E-state index in [0.29, 0.717) is 45.8 Å². The molecule has 35 heavy (non-hydrogen) atoms. The fourth-order valence-electron chi connectivity index (χ4n) is 3.59. The third-order valence-corrected chi connectivity index (χ3v) is 6.74. The Morgan fingerprint density at radius 2 is 1.91 bits per heavy atom. The van der Waals surface area contributed by atoms with Gasteiger partial charge < -0.3 is 25.0 Å². The van der Waals surface area contributed by atoms with Crippen LogP contribution in [0.5, 0.6) is 17.2 Å². The SMILES string of the molecule is O=C(CCCCCN1C(=O)/C(=C/c2ccc3c(c2)OCO3)SC1=S)Nc1ccc(C(=O)O)c(O)c1. The number of carboxylic acids is 1. The average Bonchev–Trinajstić information content (AvgIpc) is 3.37. The van der Waals surface area contributed by atoms with Crippen LogP contribution in [-0.2, 0) is 9.59 Å². The Hall–Kier alpha value is -3.57. The number of thioether (sulfide) groups is 1. The number of aromatic carboxylic acids is 1. The quantitative estimate of drug-likeness (QED) is 0.256. The van der Waals surface area contributed by atoms with Crippen molar-refractivity contribution in [1.82, 2.24) is 4.90 Å². The number of carbonyl (C=O) groups excluding carboxylic acids is 2. The van der Waals surface area contributed by atoms with E-state index in [1.165, 1.54) is 30.0 Å². The molecule has 1 fully saturated rings. The predicted octanol–water partition coefficient (Wildman–Crippen LogP) is 4.22. The third kappa shape index (κ3) is 5.92. The minimum absolute atomic E-state index is 0.139. The van der Waals surface area contributed by atoms with Crippen LogP contribution in [0, 0.1) is 0 Å². The number of aromatic hydroxyl groups is 1. The number of thiocarbonyl (C=S) groups is 1. The molecule has 2 aliphatic heterocycles. The second-order valence-corrected chi connectivity index (χ2v) is 9.52.